The van der Waals surface area contributed by atoms with Gasteiger partial charge in [-0.15, -0.1) is 11.3 Å². The normalized spacial score (nSPS) is 13.8. The highest BCUT2D eigenvalue weighted by molar-refractivity contribution is 7.91. The summed E-state index contributed by atoms with van der Waals surface area (Å²) in [6, 6.07) is 10.6. The van der Waals surface area contributed by atoms with Crippen molar-refractivity contribution >= 4 is 44.1 Å². The van der Waals surface area contributed by atoms with Gasteiger partial charge in [0, 0.05) is 42.6 Å². The molecule has 0 aliphatic carbocycles. The van der Waals surface area contributed by atoms with Crippen LogP contribution in [0, 0.1) is 6.92 Å². The summed E-state index contributed by atoms with van der Waals surface area (Å²) in [6.45, 7) is 7.80. The minimum absolute atomic E-state index is 0.420. The van der Waals surface area contributed by atoms with Crippen LogP contribution in [0.25, 0.3) is 0 Å². The van der Waals surface area contributed by atoms with Crippen LogP contribution in [-0.2, 0) is 25.5 Å². The van der Waals surface area contributed by atoms with Crippen molar-refractivity contribution in [2.24, 2.45) is 0 Å². The maximum atomic E-state index is 13.1. The third kappa shape index (κ3) is 7.60. The van der Waals surface area contributed by atoms with Crippen molar-refractivity contribution in [3.8, 4) is 0 Å². The van der Waals surface area contributed by atoms with E-state index in [1.54, 1.807) is 12.1 Å². The van der Waals surface area contributed by atoms with E-state index < -0.39 is 44.9 Å². The van der Waals surface area contributed by atoms with E-state index in [1.807, 2.05) is 25.1 Å². The number of hydrogen-bond donors (Lipinski definition) is 1. The van der Waals surface area contributed by atoms with E-state index in [9.17, 15) is 21.6 Å². The molecule has 0 amide bonds. The van der Waals surface area contributed by atoms with Gasteiger partial charge in [0.25, 0.3) is 0 Å². The van der Waals surface area contributed by atoms with Gasteiger partial charge in [0.2, 0.25) is 6.41 Å². The number of hydrogen-bond acceptors (Lipinski definition) is 8. The number of halogens is 4. The fourth-order valence-corrected chi connectivity index (χ4v) is 6.25. The molecule has 0 radical (unpaired) electrons. The van der Waals surface area contributed by atoms with Crippen molar-refractivity contribution in [1.29, 1.82) is 0 Å². The van der Waals surface area contributed by atoms with Crippen LogP contribution in [0.5, 0.6) is 0 Å². The number of rotatable bonds is 12. The number of nitrogens with zero attached hydrogens (tertiary/aromatic N) is 2. The van der Waals surface area contributed by atoms with E-state index in [0.29, 0.717) is 21.5 Å². The number of nitrogens with one attached hydrogen (secondary N) is 1. The maximum Gasteiger partial charge on any atom is 0.417 e. The Morgan fingerprint density at radius 1 is 1.13 bits per heavy atom. The highest BCUT2D eigenvalue weighted by atomic mass is 35.5. The monoisotopic (exact) mass is 591 g/mol. The SMILES string of the molecule is CCN(CC)c1ccc(NC(OC)OC(CS(=O)(=O)c2ccc(C(F)(F)F)cn2)c2ccc(Cl)s2)c(C)c1. The topological polar surface area (TPSA) is 80.8 Å². The molecular weight excluding hydrogens is 563 g/mol. The summed E-state index contributed by atoms with van der Waals surface area (Å²) >= 11 is 7.21. The molecule has 2 unspecified atom stereocenters. The first-order valence-electron chi connectivity index (χ1n) is 11.7. The Labute approximate surface area is 229 Å². The van der Waals surface area contributed by atoms with Gasteiger partial charge in [0.1, 0.15) is 6.10 Å². The molecule has 3 rings (SSSR count). The largest absolute Gasteiger partial charge is 0.417 e. The third-order valence-electron chi connectivity index (χ3n) is 5.78. The first-order valence-corrected chi connectivity index (χ1v) is 14.5. The average molecular weight is 592 g/mol. The van der Waals surface area contributed by atoms with Crippen LogP contribution in [0.4, 0.5) is 24.5 Å². The fraction of sp³-hybridized carbons (Fsp3) is 0.400. The van der Waals surface area contributed by atoms with E-state index in [0.717, 1.165) is 47.4 Å². The highest BCUT2D eigenvalue weighted by Crippen LogP contribution is 2.34. The molecule has 2 atom stereocenters. The molecule has 0 fully saturated rings. The first kappa shape index (κ1) is 30.2. The summed E-state index contributed by atoms with van der Waals surface area (Å²) in [6.07, 6.45) is -6.23. The van der Waals surface area contributed by atoms with Crippen LogP contribution in [0.2, 0.25) is 4.34 Å². The zero-order valence-electron chi connectivity index (χ0n) is 21.3. The number of sulfone groups is 1. The summed E-state index contributed by atoms with van der Waals surface area (Å²) in [4.78, 5) is 6.26. The Hall–Kier alpha value is -2.38. The predicted octanol–water partition coefficient (Wildman–Crippen LogP) is 6.54. The van der Waals surface area contributed by atoms with Gasteiger partial charge < -0.3 is 19.7 Å². The molecule has 13 heteroatoms. The smallest absolute Gasteiger partial charge is 0.372 e. The van der Waals surface area contributed by atoms with Crippen LogP contribution in [0.15, 0.2) is 53.7 Å². The molecule has 208 valence electrons. The van der Waals surface area contributed by atoms with Crippen LogP contribution in [0.1, 0.15) is 36.0 Å². The standard InChI is InChI=1S/C25H29ClF3N3O4S2/c1-5-32(6-2)18-8-9-19(16(3)13-18)31-24(35-4)36-20(21-10-11-22(26)37-21)15-38(33,34)23-12-7-17(14-30-23)25(27,28)29/h7-14,20,24,31H,5-6,15H2,1-4H3. The highest BCUT2D eigenvalue weighted by Gasteiger charge is 2.33. The lowest BCUT2D eigenvalue weighted by molar-refractivity contribution is -0.138. The van der Waals surface area contributed by atoms with Gasteiger partial charge in [0.05, 0.1) is 15.7 Å². The lowest BCUT2D eigenvalue weighted by Crippen LogP contribution is -2.30. The number of aryl methyl sites for hydroxylation is 1. The second-order valence-electron chi connectivity index (χ2n) is 8.31. The number of aromatic nitrogens is 1. The van der Waals surface area contributed by atoms with Gasteiger partial charge >= 0.3 is 6.18 Å². The summed E-state index contributed by atoms with van der Waals surface area (Å²) in [5.41, 5.74) is 1.68. The number of thiophene rings is 1. The van der Waals surface area contributed by atoms with Crippen molar-refractivity contribution < 1.29 is 31.1 Å². The molecule has 2 heterocycles. The summed E-state index contributed by atoms with van der Waals surface area (Å²) in [5, 5.41) is 2.64. The maximum absolute atomic E-state index is 13.1. The van der Waals surface area contributed by atoms with E-state index >= 15 is 0 Å². The number of pyridine rings is 1. The molecule has 0 saturated heterocycles. The Bertz CT molecular complexity index is 1310. The quantitative estimate of drug-likeness (QED) is 0.239. The summed E-state index contributed by atoms with van der Waals surface area (Å²) in [5.74, 6) is -0.594. The van der Waals surface area contributed by atoms with Crippen LogP contribution in [0.3, 0.4) is 0 Å². The van der Waals surface area contributed by atoms with E-state index in [1.165, 1.54) is 7.11 Å². The van der Waals surface area contributed by atoms with Gasteiger partial charge in [-0.3, -0.25) is 0 Å². The molecular formula is C25H29ClF3N3O4S2. The minimum atomic E-state index is -4.63. The second-order valence-corrected chi connectivity index (χ2v) is 12.0. The predicted molar refractivity (Wildman–Crippen MR) is 144 cm³/mol. The number of alkyl halides is 3. The zero-order valence-corrected chi connectivity index (χ0v) is 23.6. The fourth-order valence-electron chi connectivity index (χ4n) is 3.73. The molecule has 7 nitrogen and oxygen atoms in total. The van der Waals surface area contributed by atoms with Gasteiger partial charge in [-0.1, -0.05) is 11.6 Å². The molecule has 2 aromatic heterocycles. The lowest BCUT2D eigenvalue weighted by atomic mass is 10.1. The number of benzene rings is 1. The zero-order chi connectivity index (χ0) is 28.1. The van der Waals surface area contributed by atoms with Crippen LogP contribution < -0.4 is 10.2 Å². The molecule has 3 aromatic rings. The van der Waals surface area contributed by atoms with E-state index in [-0.39, 0.29) is 0 Å². The van der Waals surface area contributed by atoms with Gasteiger partial charge in [0.15, 0.2) is 14.9 Å². The molecule has 0 aliphatic rings. The second kappa shape index (κ2) is 12.6. The Balaban J connectivity index is 1.84. The Kier molecular flexibility index (Phi) is 10.0. The molecule has 1 aromatic carbocycles. The molecule has 0 spiro atoms. The molecule has 0 bridgehead atoms. The van der Waals surface area contributed by atoms with Crippen molar-refractivity contribution in [3.63, 3.8) is 0 Å². The third-order valence-corrected chi connectivity index (χ3v) is 8.72. The number of ether oxygens (including phenoxy) is 2. The molecule has 38 heavy (non-hydrogen) atoms. The lowest BCUT2D eigenvalue weighted by Gasteiger charge is -2.26. The first-order chi connectivity index (χ1) is 17.9. The Morgan fingerprint density at radius 2 is 1.84 bits per heavy atom. The van der Waals surface area contributed by atoms with Crippen molar-refractivity contribution in [1.82, 2.24) is 4.98 Å². The number of anilines is 2. The Morgan fingerprint density at radius 3 is 2.34 bits per heavy atom. The van der Waals surface area contributed by atoms with E-state index in [4.69, 9.17) is 21.1 Å². The molecule has 0 saturated carbocycles. The van der Waals surface area contributed by atoms with Crippen LogP contribution >= 0.6 is 22.9 Å². The van der Waals surface area contributed by atoms with E-state index in [2.05, 4.69) is 29.0 Å². The minimum Gasteiger partial charge on any atom is -0.372 e. The van der Waals surface area contributed by atoms with Gasteiger partial charge in [-0.05, 0) is 68.8 Å². The van der Waals surface area contributed by atoms with Crippen LogP contribution in [-0.4, -0.2) is 45.8 Å². The van der Waals surface area contributed by atoms with Gasteiger partial charge in [-0.25, -0.2) is 13.4 Å². The molecule has 1 N–H and O–H groups in total. The van der Waals surface area contributed by atoms with Crippen molar-refractivity contribution in [2.75, 3.05) is 36.2 Å². The summed E-state index contributed by atoms with van der Waals surface area (Å²) < 4.78 is 76.8. The van der Waals surface area contributed by atoms with Gasteiger partial charge in [-0.2, -0.15) is 13.2 Å². The molecule has 0 aliphatic heterocycles. The van der Waals surface area contributed by atoms with Crippen molar-refractivity contribution in [3.05, 3.63) is 69.0 Å². The number of methoxy groups -OCH3 is 1. The van der Waals surface area contributed by atoms with Crippen molar-refractivity contribution in [2.45, 2.75) is 44.5 Å². The average Bonchev–Trinajstić information content (AvgIpc) is 3.31. The summed E-state index contributed by atoms with van der Waals surface area (Å²) in [7, 11) is -2.74.